The second-order valence-corrected chi connectivity index (χ2v) is 8.01. The number of halogens is 2. The van der Waals surface area contributed by atoms with E-state index in [-0.39, 0.29) is 0 Å². The predicted molar refractivity (Wildman–Crippen MR) is 103 cm³/mol. The van der Waals surface area contributed by atoms with Gasteiger partial charge in [-0.3, -0.25) is 0 Å². The van der Waals surface area contributed by atoms with E-state index in [1.54, 1.807) is 0 Å². The number of hydrogen-bond donors (Lipinski definition) is 1. The largest absolute Gasteiger partial charge is 0.479 e. The predicted octanol–water partition coefficient (Wildman–Crippen LogP) is 6.78. The third kappa shape index (κ3) is 10.2. The third-order valence-electron chi connectivity index (χ3n) is 4.36. The van der Waals surface area contributed by atoms with Crippen molar-refractivity contribution in [1.82, 2.24) is 0 Å². The van der Waals surface area contributed by atoms with Crippen molar-refractivity contribution in [3.63, 3.8) is 0 Å². The molecule has 136 valence electrons. The molecule has 0 saturated carbocycles. The molecule has 0 amide bonds. The molecule has 0 saturated heterocycles. The zero-order valence-electron chi connectivity index (χ0n) is 14.5. The average molecular weight is 373 g/mol. The number of carboxylic acids is 1. The Morgan fingerprint density at radius 2 is 1.25 bits per heavy atom. The average Bonchev–Trinajstić information content (AvgIpc) is 2.56. The molecule has 1 aromatic rings. The van der Waals surface area contributed by atoms with Crippen molar-refractivity contribution < 1.29 is 9.90 Å². The second-order valence-electron chi connectivity index (χ2n) is 6.53. The molecule has 0 aliphatic rings. The third-order valence-corrected chi connectivity index (χ3v) is 5.06. The van der Waals surface area contributed by atoms with Gasteiger partial charge in [0.05, 0.1) is 0 Å². The number of carbonyl (C=O) groups is 1. The molecule has 2 nitrogen and oxygen atoms in total. The maximum atomic E-state index is 10.8. The summed E-state index contributed by atoms with van der Waals surface area (Å²) in [6, 6.07) is 10.7. The number of alkyl halides is 2. The molecule has 0 aliphatic heterocycles. The first-order chi connectivity index (χ1) is 11.5. The minimum atomic E-state index is -1.61. The Hall–Kier alpha value is -0.730. The highest BCUT2D eigenvalue weighted by Crippen LogP contribution is 2.28. The van der Waals surface area contributed by atoms with Gasteiger partial charge in [0, 0.05) is 0 Å². The van der Waals surface area contributed by atoms with Crippen LogP contribution in [0.5, 0.6) is 0 Å². The van der Waals surface area contributed by atoms with Crippen LogP contribution in [0.25, 0.3) is 0 Å². The minimum Gasteiger partial charge on any atom is -0.479 e. The number of aryl methyl sites for hydroxylation is 1. The van der Waals surface area contributed by atoms with Crippen LogP contribution in [-0.2, 0) is 11.2 Å². The fraction of sp³-hybridized carbons (Fsp3) is 0.650. The first-order valence-electron chi connectivity index (χ1n) is 9.17. The molecule has 0 aliphatic carbocycles. The summed E-state index contributed by atoms with van der Waals surface area (Å²) in [4.78, 5) is 10.8. The summed E-state index contributed by atoms with van der Waals surface area (Å²) in [6.07, 6.45) is 13.5. The highest BCUT2D eigenvalue weighted by Gasteiger charge is 2.32. The molecule has 1 rings (SSSR count). The molecule has 0 heterocycles. The SMILES string of the molecule is O=C(O)C(Cl)(Cl)CCCCCCCCCCCCc1ccccc1. The summed E-state index contributed by atoms with van der Waals surface area (Å²) in [7, 11) is 0. The molecule has 0 aromatic heterocycles. The first kappa shape index (κ1) is 21.3. The lowest BCUT2D eigenvalue weighted by Gasteiger charge is -2.13. The lowest BCUT2D eigenvalue weighted by molar-refractivity contribution is -0.138. The van der Waals surface area contributed by atoms with Gasteiger partial charge in [-0.1, -0.05) is 105 Å². The van der Waals surface area contributed by atoms with Crippen LogP contribution in [0.2, 0.25) is 0 Å². The number of unbranched alkanes of at least 4 members (excludes halogenated alkanes) is 9. The molecule has 0 radical (unpaired) electrons. The van der Waals surface area contributed by atoms with Crippen molar-refractivity contribution in [3.8, 4) is 0 Å². The maximum absolute atomic E-state index is 10.8. The van der Waals surface area contributed by atoms with E-state index in [9.17, 15) is 4.79 Å². The zero-order chi connectivity index (χ0) is 17.7. The monoisotopic (exact) mass is 372 g/mol. The van der Waals surface area contributed by atoms with Gasteiger partial charge >= 0.3 is 5.97 Å². The van der Waals surface area contributed by atoms with Gasteiger partial charge in [0.15, 0.2) is 0 Å². The summed E-state index contributed by atoms with van der Waals surface area (Å²) in [6.45, 7) is 0. The second kappa shape index (κ2) is 12.6. The Morgan fingerprint density at radius 3 is 1.75 bits per heavy atom. The minimum absolute atomic E-state index is 0.326. The molecule has 0 bridgehead atoms. The molecule has 24 heavy (non-hydrogen) atoms. The van der Waals surface area contributed by atoms with E-state index in [0.717, 1.165) is 19.3 Å². The van der Waals surface area contributed by atoms with Crippen LogP contribution in [0.4, 0.5) is 0 Å². The van der Waals surface area contributed by atoms with Crippen molar-refractivity contribution in [2.24, 2.45) is 0 Å². The van der Waals surface area contributed by atoms with E-state index in [4.69, 9.17) is 28.3 Å². The standard InChI is InChI=1S/C20H30Cl2O2/c21-20(22,19(23)24)17-13-8-6-4-2-1-3-5-7-10-14-18-15-11-9-12-16-18/h9,11-12,15-16H,1-8,10,13-14,17H2,(H,23,24). The highest BCUT2D eigenvalue weighted by atomic mass is 35.5. The van der Waals surface area contributed by atoms with Gasteiger partial charge in [-0.25, -0.2) is 4.79 Å². The van der Waals surface area contributed by atoms with Gasteiger partial charge < -0.3 is 5.11 Å². The summed E-state index contributed by atoms with van der Waals surface area (Å²) >= 11 is 11.4. The fourth-order valence-electron chi connectivity index (χ4n) is 2.84. The molecular formula is C20H30Cl2O2. The number of rotatable bonds is 14. The smallest absolute Gasteiger partial charge is 0.340 e. The lowest BCUT2D eigenvalue weighted by atomic mass is 10.0. The Balaban J connectivity index is 1.83. The summed E-state index contributed by atoms with van der Waals surface area (Å²) in [5.74, 6) is -1.14. The van der Waals surface area contributed by atoms with E-state index in [0.29, 0.717) is 6.42 Å². The molecule has 4 heteroatoms. The molecule has 0 spiro atoms. The van der Waals surface area contributed by atoms with Gasteiger partial charge in [0.2, 0.25) is 4.33 Å². The molecular weight excluding hydrogens is 343 g/mol. The van der Waals surface area contributed by atoms with Gasteiger partial charge in [0.1, 0.15) is 0 Å². The Bertz CT molecular complexity index is 446. The van der Waals surface area contributed by atoms with E-state index in [1.165, 1.54) is 56.9 Å². The highest BCUT2D eigenvalue weighted by molar-refractivity contribution is 6.57. The summed E-state index contributed by atoms with van der Waals surface area (Å²) < 4.78 is -1.61. The molecule has 1 N–H and O–H groups in total. The molecule has 0 atom stereocenters. The van der Waals surface area contributed by atoms with Crippen molar-refractivity contribution in [1.29, 1.82) is 0 Å². The molecule has 1 aromatic carbocycles. The normalized spacial score (nSPS) is 11.6. The Labute approximate surface area is 156 Å². The van der Waals surface area contributed by atoms with Crippen molar-refractivity contribution >= 4 is 29.2 Å². The van der Waals surface area contributed by atoms with Gasteiger partial charge in [0.25, 0.3) is 0 Å². The van der Waals surface area contributed by atoms with Crippen LogP contribution in [0.1, 0.15) is 76.2 Å². The first-order valence-corrected chi connectivity index (χ1v) is 9.93. The maximum Gasteiger partial charge on any atom is 0.340 e. The van der Waals surface area contributed by atoms with E-state index >= 15 is 0 Å². The number of aliphatic carboxylic acids is 1. The van der Waals surface area contributed by atoms with Crippen LogP contribution in [-0.4, -0.2) is 15.4 Å². The number of benzene rings is 1. The van der Waals surface area contributed by atoms with Crippen LogP contribution < -0.4 is 0 Å². The number of carboxylic acid groups (broad SMARTS) is 1. The van der Waals surface area contributed by atoms with Crippen molar-refractivity contribution in [3.05, 3.63) is 35.9 Å². The summed E-state index contributed by atoms with van der Waals surface area (Å²) in [5.41, 5.74) is 1.44. The van der Waals surface area contributed by atoms with Gasteiger partial charge in [-0.05, 0) is 31.2 Å². The van der Waals surface area contributed by atoms with Crippen LogP contribution in [0, 0.1) is 0 Å². The van der Waals surface area contributed by atoms with Gasteiger partial charge in [-0.15, -0.1) is 0 Å². The quantitative estimate of drug-likeness (QED) is 0.288. The summed E-state index contributed by atoms with van der Waals surface area (Å²) in [5, 5.41) is 8.80. The Kier molecular flexibility index (Phi) is 11.2. The van der Waals surface area contributed by atoms with Crippen LogP contribution >= 0.6 is 23.2 Å². The van der Waals surface area contributed by atoms with E-state index in [2.05, 4.69) is 30.3 Å². The zero-order valence-corrected chi connectivity index (χ0v) is 16.0. The fourth-order valence-corrected chi connectivity index (χ4v) is 3.11. The van der Waals surface area contributed by atoms with E-state index < -0.39 is 10.3 Å². The van der Waals surface area contributed by atoms with Crippen LogP contribution in [0.3, 0.4) is 0 Å². The van der Waals surface area contributed by atoms with Gasteiger partial charge in [-0.2, -0.15) is 0 Å². The van der Waals surface area contributed by atoms with Crippen LogP contribution in [0.15, 0.2) is 30.3 Å². The molecule has 0 fully saturated rings. The lowest BCUT2D eigenvalue weighted by Crippen LogP contribution is -2.25. The number of hydrogen-bond acceptors (Lipinski definition) is 1. The van der Waals surface area contributed by atoms with Crippen molar-refractivity contribution in [2.75, 3.05) is 0 Å². The van der Waals surface area contributed by atoms with Crippen molar-refractivity contribution in [2.45, 2.75) is 81.4 Å². The molecule has 0 unspecified atom stereocenters. The Morgan fingerprint density at radius 1 is 0.792 bits per heavy atom. The van der Waals surface area contributed by atoms with E-state index in [1.807, 2.05) is 0 Å². The topological polar surface area (TPSA) is 37.3 Å².